The monoisotopic (exact) mass is 318 g/mol. The summed E-state index contributed by atoms with van der Waals surface area (Å²) in [6.07, 6.45) is 4.92. The van der Waals surface area contributed by atoms with Gasteiger partial charge < -0.3 is 14.7 Å². The van der Waals surface area contributed by atoms with Crippen LogP contribution in [0.25, 0.3) is 0 Å². The van der Waals surface area contributed by atoms with Gasteiger partial charge in [0.25, 0.3) is 0 Å². The molecule has 4 nitrogen and oxygen atoms in total. The summed E-state index contributed by atoms with van der Waals surface area (Å²) in [5, 5.41) is 9.98. The number of aliphatic hydroxyl groups is 1. The molecule has 1 aromatic carbocycles. The Morgan fingerprint density at radius 1 is 1.26 bits per heavy atom. The fourth-order valence-corrected chi connectivity index (χ4v) is 4.38. The maximum absolute atomic E-state index is 12.9. The Labute approximate surface area is 138 Å². The number of piperidine rings is 1. The third-order valence-electron chi connectivity index (χ3n) is 6.11. The van der Waals surface area contributed by atoms with Crippen molar-refractivity contribution >= 4 is 5.97 Å². The minimum atomic E-state index is -0.934. The zero-order chi connectivity index (χ0) is 16.4. The van der Waals surface area contributed by atoms with Gasteiger partial charge in [0.15, 0.2) is 0 Å². The fourth-order valence-electron chi connectivity index (χ4n) is 4.38. The van der Waals surface area contributed by atoms with Crippen molar-refractivity contribution in [3.8, 4) is 0 Å². The predicted octanol–water partition coefficient (Wildman–Crippen LogP) is 1.08. The molecule has 0 saturated carbocycles. The van der Waals surface area contributed by atoms with E-state index in [0.29, 0.717) is 18.5 Å². The number of benzene rings is 1. The standard InChI is InChI=1S/C19H27NO3/c1-3-19(13-21,14-7-5-4-6-8-14)18(22)23-17-11-15-9-10-16(12-17)20(15)2/h4-8,15-17,21H,3,9-13H2,1-2H3/p+1/t15-,16+,17?,19-/m0/s1. The normalized spacial score (nSPS) is 32.3. The molecule has 5 atom stereocenters. The molecule has 2 unspecified atom stereocenters. The molecule has 2 saturated heterocycles. The molecule has 1 aromatic rings. The molecule has 23 heavy (non-hydrogen) atoms. The smallest absolute Gasteiger partial charge is 0.319 e. The molecule has 2 bridgehead atoms. The fraction of sp³-hybridized carbons (Fsp3) is 0.632. The van der Waals surface area contributed by atoms with Crippen molar-refractivity contribution in [2.45, 2.75) is 62.6 Å². The van der Waals surface area contributed by atoms with Crippen LogP contribution in [0.5, 0.6) is 0 Å². The molecule has 2 heterocycles. The lowest BCUT2D eigenvalue weighted by molar-refractivity contribution is -0.923. The van der Waals surface area contributed by atoms with Crippen LogP contribution >= 0.6 is 0 Å². The van der Waals surface area contributed by atoms with Gasteiger partial charge >= 0.3 is 5.97 Å². The number of quaternary nitrogens is 1. The lowest BCUT2D eigenvalue weighted by Crippen LogP contribution is -3.15. The molecule has 126 valence electrons. The van der Waals surface area contributed by atoms with Gasteiger partial charge in [-0.1, -0.05) is 37.3 Å². The highest BCUT2D eigenvalue weighted by Gasteiger charge is 2.46. The summed E-state index contributed by atoms with van der Waals surface area (Å²) < 4.78 is 5.91. The Hall–Kier alpha value is -1.39. The van der Waals surface area contributed by atoms with E-state index in [1.807, 2.05) is 37.3 Å². The molecule has 2 fully saturated rings. The highest BCUT2D eigenvalue weighted by atomic mass is 16.5. The van der Waals surface area contributed by atoms with E-state index in [1.54, 1.807) is 4.90 Å². The summed E-state index contributed by atoms with van der Waals surface area (Å²) in [6, 6.07) is 10.8. The van der Waals surface area contributed by atoms with Crippen LogP contribution in [0, 0.1) is 0 Å². The second kappa shape index (κ2) is 6.62. The number of ether oxygens (including phenoxy) is 1. The SMILES string of the molecule is CC[C@@](CO)(C(=O)OC1C[C@H]2CC[C@@H](C1)[NH+]2C)c1ccccc1. The number of fused-ring (bicyclic) bond motifs is 2. The number of carbonyl (C=O) groups excluding carboxylic acids is 1. The van der Waals surface area contributed by atoms with E-state index in [0.717, 1.165) is 18.4 Å². The van der Waals surface area contributed by atoms with Crippen molar-refractivity contribution < 1.29 is 19.5 Å². The van der Waals surface area contributed by atoms with E-state index in [2.05, 4.69) is 7.05 Å². The molecule has 2 aliphatic rings. The third kappa shape index (κ3) is 2.90. The predicted molar refractivity (Wildman–Crippen MR) is 88.3 cm³/mol. The number of rotatable bonds is 5. The van der Waals surface area contributed by atoms with Crippen LogP contribution in [0.15, 0.2) is 30.3 Å². The average molecular weight is 318 g/mol. The summed E-state index contributed by atoms with van der Waals surface area (Å²) in [4.78, 5) is 14.5. The molecule has 0 radical (unpaired) electrons. The molecular weight excluding hydrogens is 290 g/mol. The van der Waals surface area contributed by atoms with Crippen LogP contribution in [0.1, 0.15) is 44.6 Å². The first-order chi connectivity index (χ1) is 11.1. The molecule has 0 aromatic heterocycles. The second-order valence-electron chi connectivity index (χ2n) is 7.17. The lowest BCUT2D eigenvalue weighted by atomic mass is 9.78. The highest BCUT2D eigenvalue weighted by Crippen LogP contribution is 2.32. The minimum Gasteiger partial charge on any atom is -0.461 e. The first-order valence-electron chi connectivity index (χ1n) is 8.81. The van der Waals surface area contributed by atoms with Crippen LogP contribution in [0.3, 0.4) is 0 Å². The Balaban J connectivity index is 1.75. The van der Waals surface area contributed by atoms with E-state index in [-0.39, 0.29) is 18.7 Å². The van der Waals surface area contributed by atoms with E-state index < -0.39 is 5.41 Å². The number of carbonyl (C=O) groups is 1. The quantitative estimate of drug-likeness (QED) is 0.799. The minimum absolute atomic E-state index is 0.00453. The molecule has 0 aliphatic carbocycles. The number of hydrogen-bond donors (Lipinski definition) is 2. The van der Waals surface area contributed by atoms with Crippen molar-refractivity contribution in [1.29, 1.82) is 0 Å². The second-order valence-corrected chi connectivity index (χ2v) is 7.17. The first-order valence-corrected chi connectivity index (χ1v) is 8.81. The van der Waals surface area contributed by atoms with E-state index in [4.69, 9.17) is 4.74 Å². The average Bonchev–Trinajstić information content (AvgIpc) is 2.79. The van der Waals surface area contributed by atoms with Crippen LogP contribution < -0.4 is 4.90 Å². The number of hydrogen-bond acceptors (Lipinski definition) is 3. The maximum Gasteiger partial charge on any atom is 0.319 e. The zero-order valence-electron chi connectivity index (χ0n) is 14.1. The van der Waals surface area contributed by atoms with Crippen LogP contribution in [-0.2, 0) is 14.9 Å². The summed E-state index contributed by atoms with van der Waals surface area (Å²) in [6.45, 7) is 1.73. The first kappa shape index (κ1) is 16.5. The summed E-state index contributed by atoms with van der Waals surface area (Å²) >= 11 is 0. The molecule has 0 amide bonds. The van der Waals surface area contributed by atoms with Crippen molar-refractivity contribution in [1.82, 2.24) is 0 Å². The van der Waals surface area contributed by atoms with E-state index in [9.17, 15) is 9.90 Å². The van der Waals surface area contributed by atoms with E-state index in [1.165, 1.54) is 12.8 Å². The van der Waals surface area contributed by atoms with Gasteiger partial charge in [-0.15, -0.1) is 0 Å². The van der Waals surface area contributed by atoms with Crippen molar-refractivity contribution in [3.63, 3.8) is 0 Å². The molecule has 4 heteroatoms. The molecular formula is C19H28NO3+. The molecule has 2 N–H and O–H groups in total. The Bertz CT molecular complexity index is 527. The Morgan fingerprint density at radius 3 is 2.39 bits per heavy atom. The van der Waals surface area contributed by atoms with Crippen LogP contribution in [-0.4, -0.2) is 42.9 Å². The number of esters is 1. The molecule has 2 aliphatic heterocycles. The lowest BCUT2D eigenvalue weighted by Gasteiger charge is -2.36. The van der Waals surface area contributed by atoms with Crippen LogP contribution in [0.4, 0.5) is 0 Å². The van der Waals surface area contributed by atoms with Gasteiger partial charge in [0.2, 0.25) is 0 Å². The van der Waals surface area contributed by atoms with Gasteiger partial charge in [-0.2, -0.15) is 0 Å². The van der Waals surface area contributed by atoms with Gasteiger partial charge in [-0.3, -0.25) is 4.79 Å². The van der Waals surface area contributed by atoms with Gasteiger partial charge in [0.1, 0.15) is 11.5 Å². The third-order valence-corrected chi connectivity index (χ3v) is 6.11. The van der Waals surface area contributed by atoms with Gasteiger partial charge in [0.05, 0.1) is 25.7 Å². The molecule has 0 spiro atoms. The Morgan fingerprint density at radius 2 is 1.87 bits per heavy atom. The van der Waals surface area contributed by atoms with Gasteiger partial charge in [-0.25, -0.2) is 0 Å². The topological polar surface area (TPSA) is 51.0 Å². The highest BCUT2D eigenvalue weighted by molar-refractivity contribution is 5.83. The molecule has 3 rings (SSSR count). The van der Waals surface area contributed by atoms with Crippen LogP contribution in [0.2, 0.25) is 0 Å². The zero-order valence-corrected chi connectivity index (χ0v) is 14.1. The number of nitrogens with one attached hydrogen (secondary N) is 1. The number of aliphatic hydroxyl groups excluding tert-OH is 1. The van der Waals surface area contributed by atoms with Crippen molar-refractivity contribution in [3.05, 3.63) is 35.9 Å². The Kier molecular flexibility index (Phi) is 4.74. The summed E-state index contributed by atoms with van der Waals surface area (Å²) in [5.74, 6) is -0.266. The van der Waals surface area contributed by atoms with Gasteiger partial charge in [-0.05, 0) is 12.0 Å². The largest absolute Gasteiger partial charge is 0.461 e. The summed E-state index contributed by atoms with van der Waals surface area (Å²) in [5.41, 5.74) is -0.0900. The van der Waals surface area contributed by atoms with Crippen molar-refractivity contribution in [2.75, 3.05) is 13.7 Å². The van der Waals surface area contributed by atoms with Gasteiger partial charge in [0, 0.05) is 25.7 Å². The maximum atomic E-state index is 12.9. The van der Waals surface area contributed by atoms with E-state index >= 15 is 0 Å². The summed E-state index contributed by atoms with van der Waals surface area (Å²) in [7, 11) is 2.26. The van der Waals surface area contributed by atoms with Crippen molar-refractivity contribution in [2.24, 2.45) is 0 Å².